The molecule has 0 aliphatic carbocycles. The molecule has 0 unspecified atom stereocenters. The first-order valence-electron chi connectivity index (χ1n) is 5.60. The van der Waals surface area contributed by atoms with E-state index in [-0.39, 0.29) is 10.7 Å². The minimum Gasteiger partial charge on any atom is -0.478 e. The number of nitrogens with one attached hydrogen (secondary N) is 1. The fourth-order valence-corrected chi connectivity index (χ4v) is 2.51. The highest BCUT2D eigenvalue weighted by molar-refractivity contribution is 7.09. The molecule has 5 nitrogen and oxygen atoms in total. The van der Waals surface area contributed by atoms with Crippen molar-refractivity contribution in [2.24, 2.45) is 0 Å². The molecule has 100 valence electrons. The van der Waals surface area contributed by atoms with Crippen LogP contribution in [0.1, 0.15) is 21.1 Å². The van der Waals surface area contributed by atoms with Crippen molar-refractivity contribution in [2.45, 2.75) is 13.3 Å². The lowest BCUT2D eigenvalue weighted by Gasteiger charge is -2.05. The summed E-state index contributed by atoms with van der Waals surface area (Å²) in [5.74, 6) is -0.568. The maximum atomic E-state index is 10.9. The third-order valence-corrected chi connectivity index (χ3v) is 3.57. The summed E-state index contributed by atoms with van der Waals surface area (Å²) in [6.45, 7) is 2.57. The molecule has 2 rings (SSSR count). The van der Waals surface area contributed by atoms with Crippen LogP contribution in [-0.4, -0.2) is 27.6 Å². The number of aryl methyl sites for hydroxylation is 1. The molecule has 0 amide bonds. The first kappa shape index (κ1) is 13.8. The van der Waals surface area contributed by atoms with Gasteiger partial charge in [0.15, 0.2) is 0 Å². The number of rotatable bonds is 5. The van der Waals surface area contributed by atoms with Crippen molar-refractivity contribution in [1.29, 1.82) is 0 Å². The Morgan fingerprint density at radius 1 is 1.47 bits per heavy atom. The molecule has 0 bridgehead atoms. The lowest BCUT2D eigenvalue weighted by molar-refractivity contribution is 0.0697. The van der Waals surface area contributed by atoms with Gasteiger partial charge >= 0.3 is 5.97 Å². The van der Waals surface area contributed by atoms with Gasteiger partial charge in [0.2, 0.25) is 0 Å². The monoisotopic (exact) mass is 297 g/mol. The van der Waals surface area contributed by atoms with Gasteiger partial charge in [0.05, 0.1) is 10.6 Å². The van der Waals surface area contributed by atoms with Gasteiger partial charge in [-0.25, -0.2) is 14.8 Å². The summed E-state index contributed by atoms with van der Waals surface area (Å²) in [6, 6.07) is 2.78. The molecule has 0 saturated carbocycles. The van der Waals surface area contributed by atoms with Crippen molar-refractivity contribution in [3.05, 3.63) is 38.9 Å². The zero-order chi connectivity index (χ0) is 13.8. The Bertz CT molecular complexity index is 600. The molecule has 0 aromatic carbocycles. The number of carboxylic acids is 1. The minimum absolute atomic E-state index is 0.118. The van der Waals surface area contributed by atoms with E-state index in [0.717, 1.165) is 17.1 Å². The van der Waals surface area contributed by atoms with Crippen LogP contribution in [0, 0.1) is 6.92 Å². The largest absolute Gasteiger partial charge is 0.478 e. The molecule has 0 atom stereocenters. The van der Waals surface area contributed by atoms with E-state index >= 15 is 0 Å². The smallest absolute Gasteiger partial charge is 0.335 e. The normalized spacial score (nSPS) is 10.4. The van der Waals surface area contributed by atoms with Crippen LogP contribution in [0.2, 0.25) is 5.15 Å². The third kappa shape index (κ3) is 3.90. The Kier molecular flexibility index (Phi) is 4.34. The highest BCUT2D eigenvalue weighted by Gasteiger charge is 2.07. The molecule has 0 aliphatic rings. The Morgan fingerprint density at radius 2 is 2.26 bits per heavy atom. The summed E-state index contributed by atoms with van der Waals surface area (Å²) in [6.07, 6.45) is 0.759. The lowest BCUT2D eigenvalue weighted by Crippen LogP contribution is -2.08. The van der Waals surface area contributed by atoms with Crippen LogP contribution in [0.15, 0.2) is 17.5 Å². The molecule has 0 aliphatic heterocycles. The van der Waals surface area contributed by atoms with Crippen molar-refractivity contribution in [2.75, 3.05) is 11.9 Å². The van der Waals surface area contributed by atoms with Gasteiger partial charge in [0, 0.05) is 24.0 Å². The second-order valence-corrected chi connectivity index (χ2v) is 5.26. The van der Waals surface area contributed by atoms with Crippen LogP contribution in [-0.2, 0) is 6.42 Å². The Balaban J connectivity index is 1.97. The van der Waals surface area contributed by atoms with Crippen LogP contribution in [0.4, 0.5) is 5.82 Å². The highest BCUT2D eigenvalue weighted by Crippen LogP contribution is 2.15. The van der Waals surface area contributed by atoms with Crippen molar-refractivity contribution >= 4 is 34.7 Å². The highest BCUT2D eigenvalue weighted by atomic mass is 35.5. The van der Waals surface area contributed by atoms with E-state index in [9.17, 15) is 4.79 Å². The van der Waals surface area contributed by atoms with Gasteiger partial charge < -0.3 is 10.4 Å². The van der Waals surface area contributed by atoms with E-state index in [1.54, 1.807) is 11.3 Å². The number of pyridine rings is 1. The van der Waals surface area contributed by atoms with Crippen LogP contribution in [0.25, 0.3) is 0 Å². The third-order valence-electron chi connectivity index (χ3n) is 2.35. The average Bonchev–Trinajstić information content (AvgIpc) is 2.74. The van der Waals surface area contributed by atoms with Crippen molar-refractivity contribution < 1.29 is 9.90 Å². The quantitative estimate of drug-likeness (QED) is 0.830. The number of carbonyl (C=O) groups is 1. The molecule has 19 heavy (non-hydrogen) atoms. The zero-order valence-corrected chi connectivity index (χ0v) is 11.8. The summed E-state index contributed by atoms with van der Waals surface area (Å²) in [5.41, 5.74) is 1.13. The van der Waals surface area contributed by atoms with Crippen LogP contribution in [0.3, 0.4) is 0 Å². The minimum atomic E-state index is -1.03. The average molecular weight is 298 g/mol. The molecule has 2 N–H and O–H groups in total. The summed E-state index contributed by atoms with van der Waals surface area (Å²) >= 11 is 7.37. The predicted octanol–water partition coefficient (Wildman–Crippen LogP) is 2.85. The van der Waals surface area contributed by atoms with Crippen molar-refractivity contribution in [3.63, 3.8) is 0 Å². The number of halogens is 1. The van der Waals surface area contributed by atoms with Crippen LogP contribution < -0.4 is 5.32 Å². The standard InChI is InChI=1S/C12H12ClN3O2S/c1-7-6-19-11(15-7)2-3-14-10-5-8(12(17)18)4-9(13)16-10/h4-6H,2-3H2,1H3,(H,14,16)(H,17,18). The Hall–Kier alpha value is -1.66. The number of aromatic carboxylic acids is 1. The van der Waals surface area contributed by atoms with Crippen LogP contribution in [0.5, 0.6) is 0 Å². The summed E-state index contributed by atoms with van der Waals surface area (Å²) in [4.78, 5) is 19.3. The molecule has 2 heterocycles. The number of anilines is 1. The van der Waals surface area contributed by atoms with E-state index in [2.05, 4.69) is 15.3 Å². The number of carboxylic acid groups (broad SMARTS) is 1. The fraction of sp³-hybridized carbons (Fsp3) is 0.250. The summed E-state index contributed by atoms with van der Waals surface area (Å²) in [7, 11) is 0. The van der Waals surface area contributed by atoms with E-state index in [1.807, 2.05) is 12.3 Å². The van der Waals surface area contributed by atoms with Gasteiger partial charge in [-0.1, -0.05) is 11.6 Å². The second kappa shape index (κ2) is 5.99. The first-order valence-corrected chi connectivity index (χ1v) is 6.86. The second-order valence-electron chi connectivity index (χ2n) is 3.93. The van der Waals surface area contributed by atoms with E-state index in [1.165, 1.54) is 12.1 Å². The molecule has 0 spiro atoms. The van der Waals surface area contributed by atoms with Gasteiger partial charge in [-0.3, -0.25) is 0 Å². The van der Waals surface area contributed by atoms with Crippen molar-refractivity contribution in [1.82, 2.24) is 9.97 Å². The SMILES string of the molecule is Cc1csc(CCNc2cc(C(=O)O)cc(Cl)n2)n1. The Morgan fingerprint density at radius 3 is 2.89 bits per heavy atom. The molecule has 0 saturated heterocycles. The van der Waals surface area contributed by atoms with Crippen LogP contribution >= 0.6 is 22.9 Å². The number of nitrogens with zero attached hydrogens (tertiary/aromatic N) is 2. The molecule has 2 aromatic rings. The fourth-order valence-electron chi connectivity index (χ4n) is 1.53. The number of thiazole rings is 1. The molecule has 7 heteroatoms. The summed E-state index contributed by atoms with van der Waals surface area (Å²) < 4.78 is 0. The molecule has 2 aromatic heterocycles. The summed E-state index contributed by atoms with van der Waals surface area (Å²) in [5, 5.41) is 15.2. The van der Waals surface area contributed by atoms with Gasteiger partial charge in [-0.15, -0.1) is 11.3 Å². The molecule has 0 fully saturated rings. The van der Waals surface area contributed by atoms with Gasteiger partial charge in [0.1, 0.15) is 11.0 Å². The number of hydrogen-bond donors (Lipinski definition) is 2. The lowest BCUT2D eigenvalue weighted by atomic mass is 10.2. The predicted molar refractivity (Wildman–Crippen MR) is 75.3 cm³/mol. The number of aromatic nitrogens is 2. The topological polar surface area (TPSA) is 75.1 Å². The van der Waals surface area contributed by atoms with Gasteiger partial charge in [0.25, 0.3) is 0 Å². The maximum absolute atomic E-state index is 10.9. The van der Waals surface area contributed by atoms with E-state index < -0.39 is 5.97 Å². The number of hydrogen-bond acceptors (Lipinski definition) is 5. The molecule has 0 radical (unpaired) electrons. The van der Waals surface area contributed by atoms with E-state index in [4.69, 9.17) is 16.7 Å². The first-order chi connectivity index (χ1) is 9.04. The van der Waals surface area contributed by atoms with Gasteiger partial charge in [-0.05, 0) is 19.1 Å². The Labute approximate surface area is 119 Å². The van der Waals surface area contributed by atoms with Gasteiger partial charge in [-0.2, -0.15) is 0 Å². The zero-order valence-electron chi connectivity index (χ0n) is 10.2. The molecular formula is C12H12ClN3O2S. The maximum Gasteiger partial charge on any atom is 0.335 e. The van der Waals surface area contributed by atoms with E-state index in [0.29, 0.717) is 12.4 Å². The van der Waals surface area contributed by atoms with Crippen molar-refractivity contribution in [3.8, 4) is 0 Å². The molecular weight excluding hydrogens is 286 g/mol.